The van der Waals surface area contributed by atoms with Gasteiger partial charge in [-0.1, -0.05) is 12.1 Å². The van der Waals surface area contributed by atoms with Gasteiger partial charge in [-0.25, -0.2) is 0 Å². The molecule has 0 saturated carbocycles. The average molecular weight is 298 g/mol. The molecule has 1 aromatic heterocycles. The Hall–Kier alpha value is -2.96. The largest absolute Gasteiger partial charge is 0.307 e. The topological polar surface area (TPSA) is 95.2 Å². The maximum Gasteiger partial charge on any atom is 0.262 e. The van der Waals surface area contributed by atoms with Crippen LogP contribution in [0.4, 0.5) is 5.82 Å². The summed E-state index contributed by atoms with van der Waals surface area (Å²) in [6.07, 6.45) is 0. The van der Waals surface area contributed by atoms with Gasteiger partial charge in [-0.05, 0) is 26.0 Å². The Bertz CT molecular complexity index is 746. The minimum Gasteiger partial charge on any atom is -0.307 e. The summed E-state index contributed by atoms with van der Waals surface area (Å²) in [4.78, 5) is 37.8. The molecule has 7 nitrogen and oxygen atoms in total. The summed E-state index contributed by atoms with van der Waals surface area (Å²) in [5.74, 6) is -1.03. The summed E-state index contributed by atoms with van der Waals surface area (Å²) in [5.41, 5.74) is 1.44. The van der Waals surface area contributed by atoms with E-state index < -0.39 is 23.8 Å². The minimum absolute atomic E-state index is 0.322. The summed E-state index contributed by atoms with van der Waals surface area (Å²) >= 11 is 0. The third kappa shape index (κ3) is 2.16. The number of rotatable bonds is 3. The van der Waals surface area contributed by atoms with Crippen LogP contribution in [0.1, 0.15) is 33.3 Å². The number of aromatic nitrogens is 2. The van der Waals surface area contributed by atoms with Gasteiger partial charge in [0.1, 0.15) is 6.04 Å². The lowest BCUT2D eigenvalue weighted by atomic mass is 10.1. The molecule has 1 atom stereocenters. The van der Waals surface area contributed by atoms with Crippen molar-refractivity contribution in [3.05, 3.63) is 47.2 Å². The molecule has 1 aromatic carbocycles. The van der Waals surface area contributed by atoms with Crippen LogP contribution >= 0.6 is 0 Å². The van der Waals surface area contributed by atoms with Crippen molar-refractivity contribution in [3.8, 4) is 0 Å². The molecule has 112 valence electrons. The van der Waals surface area contributed by atoms with E-state index in [4.69, 9.17) is 0 Å². The highest BCUT2D eigenvalue weighted by atomic mass is 16.2. The number of carbonyl (C=O) groups is 3. The second kappa shape index (κ2) is 5.10. The van der Waals surface area contributed by atoms with Gasteiger partial charge < -0.3 is 5.32 Å². The summed E-state index contributed by atoms with van der Waals surface area (Å²) in [7, 11) is 0. The Labute approximate surface area is 126 Å². The molecule has 2 aromatic rings. The fourth-order valence-corrected chi connectivity index (χ4v) is 2.39. The summed E-state index contributed by atoms with van der Waals surface area (Å²) in [6.45, 7) is 3.31. The maximum atomic E-state index is 12.3. The van der Waals surface area contributed by atoms with Crippen LogP contribution in [0.25, 0.3) is 0 Å². The number of aryl methyl sites for hydroxylation is 1. The van der Waals surface area contributed by atoms with E-state index in [0.717, 1.165) is 10.6 Å². The highest BCUT2D eigenvalue weighted by molar-refractivity contribution is 6.23. The smallest absolute Gasteiger partial charge is 0.262 e. The van der Waals surface area contributed by atoms with Crippen molar-refractivity contribution < 1.29 is 14.4 Å². The lowest BCUT2D eigenvalue weighted by molar-refractivity contribution is -0.119. The molecule has 2 N–H and O–H groups in total. The summed E-state index contributed by atoms with van der Waals surface area (Å²) in [6, 6.07) is 7.27. The molecule has 0 saturated heterocycles. The van der Waals surface area contributed by atoms with Gasteiger partial charge in [0.25, 0.3) is 11.8 Å². The number of H-pyrrole nitrogens is 1. The molecule has 0 bridgehead atoms. The van der Waals surface area contributed by atoms with E-state index in [9.17, 15) is 14.4 Å². The van der Waals surface area contributed by atoms with Gasteiger partial charge in [0.05, 0.1) is 11.1 Å². The molecule has 0 spiro atoms. The monoisotopic (exact) mass is 298 g/mol. The number of anilines is 1. The van der Waals surface area contributed by atoms with Crippen LogP contribution in [-0.4, -0.2) is 38.9 Å². The number of hydrogen-bond acceptors (Lipinski definition) is 4. The fourth-order valence-electron chi connectivity index (χ4n) is 2.39. The minimum atomic E-state index is -0.926. The Balaban J connectivity index is 1.81. The second-order valence-corrected chi connectivity index (χ2v) is 5.13. The van der Waals surface area contributed by atoms with E-state index >= 15 is 0 Å². The quantitative estimate of drug-likeness (QED) is 0.836. The predicted molar refractivity (Wildman–Crippen MR) is 78.4 cm³/mol. The number of benzene rings is 1. The zero-order chi connectivity index (χ0) is 15.9. The Morgan fingerprint density at radius 3 is 2.32 bits per heavy atom. The lowest BCUT2D eigenvalue weighted by Gasteiger charge is -2.21. The molecule has 2 heterocycles. The lowest BCUT2D eigenvalue weighted by Crippen LogP contribution is -2.45. The first-order valence-corrected chi connectivity index (χ1v) is 6.79. The summed E-state index contributed by atoms with van der Waals surface area (Å²) in [5, 5.41) is 9.18. The van der Waals surface area contributed by atoms with E-state index in [-0.39, 0.29) is 0 Å². The van der Waals surface area contributed by atoms with Crippen LogP contribution in [0.15, 0.2) is 30.3 Å². The van der Waals surface area contributed by atoms with Gasteiger partial charge in [0.15, 0.2) is 5.82 Å². The normalized spacial score (nSPS) is 14.9. The molecule has 1 aliphatic rings. The molecular formula is C15H14N4O3. The van der Waals surface area contributed by atoms with Crippen LogP contribution in [0.5, 0.6) is 0 Å². The maximum absolute atomic E-state index is 12.3. The van der Waals surface area contributed by atoms with Crippen molar-refractivity contribution in [1.29, 1.82) is 0 Å². The number of aromatic amines is 1. The molecule has 0 aliphatic carbocycles. The number of imide groups is 1. The molecule has 3 amide bonds. The molecule has 22 heavy (non-hydrogen) atoms. The third-order valence-corrected chi connectivity index (χ3v) is 3.55. The average Bonchev–Trinajstić information content (AvgIpc) is 3.01. The van der Waals surface area contributed by atoms with Crippen LogP contribution in [0.3, 0.4) is 0 Å². The van der Waals surface area contributed by atoms with E-state index in [2.05, 4.69) is 15.5 Å². The second-order valence-electron chi connectivity index (χ2n) is 5.13. The number of nitrogens with one attached hydrogen (secondary N) is 2. The van der Waals surface area contributed by atoms with Gasteiger partial charge >= 0.3 is 0 Å². The number of fused-ring (bicyclic) bond motifs is 1. The molecule has 0 radical (unpaired) electrons. The summed E-state index contributed by atoms with van der Waals surface area (Å²) < 4.78 is 0. The highest BCUT2D eigenvalue weighted by Crippen LogP contribution is 2.24. The van der Waals surface area contributed by atoms with Crippen LogP contribution in [0.2, 0.25) is 0 Å². The van der Waals surface area contributed by atoms with Gasteiger partial charge in [-0.2, -0.15) is 5.10 Å². The van der Waals surface area contributed by atoms with E-state index in [1.807, 2.05) is 0 Å². The zero-order valence-corrected chi connectivity index (χ0v) is 12.1. The molecule has 0 fully saturated rings. The Morgan fingerprint density at radius 1 is 1.23 bits per heavy atom. The van der Waals surface area contributed by atoms with E-state index in [1.165, 1.54) is 6.92 Å². The number of carbonyl (C=O) groups excluding carboxylic acids is 3. The fraction of sp³-hybridized carbons (Fsp3) is 0.200. The molecular weight excluding hydrogens is 284 g/mol. The van der Waals surface area contributed by atoms with Gasteiger partial charge in [-0.3, -0.25) is 24.4 Å². The predicted octanol–water partition coefficient (Wildman–Crippen LogP) is 1.34. The first-order valence-electron chi connectivity index (χ1n) is 6.79. The Kier molecular flexibility index (Phi) is 3.25. The first kappa shape index (κ1) is 14.0. The molecule has 1 unspecified atom stereocenters. The van der Waals surface area contributed by atoms with Crippen molar-refractivity contribution in [2.24, 2.45) is 0 Å². The van der Waals surface area contributed by atoms with Crippen molar-refractivity contribution in [2.45, 2.75) is 19.9 Å². The van der Waals surface area contributed by atoms with E-state index in [1.54, 1.807) is 37.3 Å². The van der Waals surface area contributed by atoms with Crippen LogP contribution in [-0.2, 0) is 4.79 Å². The van der Waals surface area contributed by atoms with Gasteiger partial charge in [-0.15, -0.1) is 0 Å². The van der Waals surface area contributed by atoms with Crippen LogP contribution < -0.4 is 5.32 Å². The number of hydrogen-bond donors (Lipinski definition) is 2. The van der Waals surface area contributed by atoms with Gasteiger partial charge in [0.2, 0.25) is 5.91 Å². The number of amides is 3. The zero-order valence-electron chi connectivity index (χ0n) is 12.1. The molecule has 7 heteroatoms. The molecule has 3 rings (SSSR count). The highest BCUT2D eigenvalue weighted by Gasteiger charge is 2.40. The standard InChI is InChI=1S/C15H14N4O3/c1-8-7-12(18-17-8)16-13(20)9(2)19-14(21)10-5-3-4-6-11(10)15(19)22/h3-7,9H,1-2H3,(H2,16,17,18,20). The van der Waals surface area contributed by atoms with Crippen molar-refractivity contribution >= 4 is 23.5 Å². The first-order chi connectivity index (χ1) is 10.5. The third-order valence-electron chi connectivity index (χ3n) is 3.55. The number of nitrogens with zero attached hydrogens (tertiary/aromatic N) is 2. The van der Waals surface area contributed by atoms with Crippen molar-refractivity contribution in [2.75, 3.05) is 5.32 Å². The van der Waals surface area contributed by atoms with E-state index in [0.29, 0.717) is 16.9 Å². The van der Waals surface area contributed by atoms with Crippen molar-refractivity contribution in [3.63, 3.8) is 0 Å². The van der Waals surface area contributed by atoms with Gasteiger partial charge in [0, 0.05) is 11.8 Å². The van der Waals surface area contributed by atoms with Crippen molar-refractivity contribution in [1.82, 2.24) is 15.1 Å². The SMILES string of the molecule is Cc1cc(NC(=O)C(C)N2C(=O)c3ccccc3C2=O)n[nH]1. The van der Waals surface area contributed by atoms with Crippen LogP contribution in [0, 0.1) is 6.92 Å². The molecule has 1 aliphatic heterocycles. The Morgan fingerprint density at radius 2 is 1.82 bits per heavy atom.